The second-order valence-corrected chi connectivity index (χ2v) is 6.18. The molecule has 0 heterocycles. The molecule has 1 unspecified atom stereocenters. The molecular formula is C16H25NO2. The Labute approximate surface area is 116 Å². The molecule has 3 heteroatoms. The van der Waals surface area contributed by atoms with Gasteiger partial charge in [0.25, 0.3) is 0 Å². The van der Waals surface area contributed by atoms with E-state index in [9.17, 15) is 4.79 Å². The molecule has 0 saturated carbocycles. The van der Waals surface area contributed by atoms with Crippen molar-refractivity contribution in [1.29, 1.82) is 0 Å². The van der Waals surface area contributed by atoms with Gasteiger partial charge in [0.15, 0.2) is 0 Å². The van der Waals surface area contributed by atoms with Gasteiger partial charge in [0, 0.05) is 6.54 Å². The van der Waals surface area contributed by atoms with Crippen molar-refractivity contribution in [2.45, 2.75) is 46.6 Å². The maximum Gasteiger partial charge on any atom is 0.407 e. The summed E-state index contributed by atoms with van der Waals surface area (Å²) in [4.78, 5) is 11.5. The van der Waals surface area contributed by atoms with Crippen LogP contribution < -0.4 is 5.32 Å². The Kier molecular flexibility index (Phi) is 5.40. The van der Waals surface area contributed by atoms with Crippen LogP contribution in [0.15, 0.2) is 24.3 Å². The molecule has 1 aromatic carbocycles. The van der Waals surface area contributed by atoms with Crippen molar-refractivity contribution in [2.75, 3.05) is 6.54 Å². The van der Waals surface area contributed by atoms with Crippen LogP contribution in [-0.4, -0.2) is 18.2 Å². The van der Waals surface area contributed by atoms with E-state index in [1.807, 2.05) is 20.8 Å². The third kappa shape index (κ3) is 6.85. The normalized spacial score (nSPS) is 12.9. The van der Waals surface area contributed by atoms with Crippen LogP contribution >= 0.6 is 0 Å². The number of ether oxygens (including phenoxy) is 1. The van der Waals surface area contributed by atoms with E-state index in [4.69, 9.17) is 4.74 Å². The molecule has 0 aliphatic heterocycles. The number of rotatable bonds is 4. The monoisotopic (exact) mass is 263 g/mol. The largest absolute Gasteiger partial charge is 0.444 e. The van der Waals surface area contributed by atoms with E-state index in [1.54, 1.807) is 0 Å². The first-order valence-electron chi connectivity index (χ1n) is 6.78. The van der Waals surface area contributed by atoms with Gasteiger partial charge < -0.3 is 10.1 Å². The van der Waals surface area contributed by atoms with Crippen LogP contribution in [0.4, 0.5) is 4.79 Å². The topological polar surface area (TPSA) is 38.3 Å². The molecular weight excluding hydrogens is 238 g/mol. The number of amides is 1. The van der Waals surface area contributed by atoms with E-state index >= 15 is 0 Å². The number of carbonyl (C=O) groups excluding carboxylic acids is 1. The summed E-state index contributed by atoms with van der Waals surface area (Å²) in [6.45, 7) is 10.4. The Bertz CT molecular complexity index is 404. The SMILES string of the molecule is Cc1ccc(CC(C)CNC(=O)OC(C)(C)C)cc1. The molecule has 0 bridgehead atoms. The molecule has 1 atom stereocenters. The predicted octanol–water partition coefficient (Wildman–Crippen LogP) is 3.70. The lowest BCUT2D eigenvalue weighted by Gasteiger charge is -2.20. The van der Waals surface area contributed by atoms with E-state index in [1.165, 1.54) is 11.1 Å². The molecule has 0 fully saturated rings. The average molecular weight is 263 g/mol. The van der Waals surface area contributed by atoms with E-state index in [-0.39, 0.29) is 6.09 Å². The van der Waals surface area contributed by atoms with E-state index in [2.05, 4.69) is 43.4 Å². The summed E-state index contributed by atoms with van der Waals surface area (Å²) in [5.41, 5.74) is 2.12. The van der Waals surface area contributed by atoms with Crippen molar-refractivity contribution in [3.05, 3.63) is 35.4 Å². The minimum absolute atomic E-state index is 0.344. The van der Waals surface area contributed by atoms with Gasteiger partial charge in [-0.25, -0.2) is 4.79 Å². The van der Waals surface area contributed by atoms with Crippen LogP contribution in [0.2, 0.25) is 0 Å². The lowest BCUT2D eigenvalue weighted by atomic mass is 10.0. The first-order valence-corrected chi connectivity index (χ1v) is 6.78. The summed E-state index contributed by atoms with van der Waals surface area (Å²) in [6.07, 6.45) is 0.610. The highest BCUT2D eigenvalue weighted by atomic mass is 16.6. The fourth-order valence-electron chi connectivity index (χ4n) is 1.77. The predicted molar refractivity (Wildman–Crippen MR) is 78.3 cm³/mol. The van der Waals surface area contributed by atoms with Gasteiger partial charge in [-0.3, -0.25) is 0 Å². The lowest BCUT2D eigenvalue weighted by Crippen LogP contribution is -2.35. The van der Waals surface area contributed by atoms with Gasteiger partial charge in [0.05, 0.1) is 0 Å². The minimum atomic E-state index is -0.440. The summed E-state index contributed by atoms with van der Waals surface area (Å²) < 4.78 is 5.20. The lowest BCUT2D eigenvalue weighted by molar-refractivity contribution is 0.0520. The zero-order valence-corrected chi connectivity index (χ0v) is 12.6. The number of alkyl carbamates (subject to hydrolysis) is 1. The molecule has 1 amide bonds. The molecule has 1 rings (SSSR count). The first kappa shape index (κ1) is 15.5. The van der Waals surface area contributed by atoms with Crippen molar-refractivity contribution in [2.24, 2.45) is 5.92 Å². The summed E-state index contributed by atoms with van der Waals surface area (Å²) in [7, 11) is 0. The van der Waals surface area contributed by atoms with Crippen LogP contribution in [0, 0.1) is 12.8 Å². The summed E-state index contributed by atoms with van der Waals surface area (Å²) >= 11 is 0. The van der Waals surface area contributed by atoms with Crippen LogP contribution in [-0.2, 0) is 11.2 Å². The molecule has 19 heavy (non-hydrogen) atoms. The number of benzene rings is 1. The van der Waals surface area contributed by atoms with Crippen LogP contribution in [0.1, 0.15) is 38.8 Å². The highest BCUT2D eigenvalue weighted by molar-refractivity contribution is 5.67. The molecule has 1 N–H and O–H groups in total. The average Bonchev–Trinajstić information content (AvgIpc) is 2.27. The smallest absolute Gasteiger partial charge is 0.407 e. The highest BCUT2D eigenvalue weighted by Gasteiger charge is 2.16. The molecule has 0 saturated heterocycles. The fraction of sp³-hybridized carbons (Fsp3) is 0.562. The third-order valence-corrected chi connectivity index (χ3v) is 2.70. The molecule has 0 radical (unpaired) electrons. The molecule has 106 valence electrons. The highest BCUT2D eigenvalue weighted by Crippen LogP contribution is 2.10. The number of nitrogens with one attached hydrogen (secondary N) is 1. The second-order valence-electron chi connectivity index (χ2n) is 6.18. The maximum atomic E-state index is 11.5. The summed E-state index contributed by atoms with van der Waals surface area (Å²) in [5.74, 6) is 0.384. The summed E-state index contributed by atoms with van der Waals surface area (Å²) in [6, 6.07) is 8.51. The zero-order valence-electron chi connectivity index (χ0n) is 12.6. The number of hydrogen-bond acceptors (Lipinski definition) is 2. The third-order valence-electron chi connectivity index (χ3n) is 2.70. The molecule has 1 aromatic rings. The van der Waals surface area contributed by atoms with E-state index in [0.717, 1.165) is 6.42 Å². The Balaban J connectivity index is 2.33. The molecule has 0 aliphatic carbocycles. The van der Waals surface area contributed by atoms with Gasteiger partial charge in [-0.2, -0.15) is 0 Å². The molecule has 0 spiro atoms. The molecule has 0 aliphatic rings. The van der Waals surface area contributed by atoms with Gasteiger partial charge in [0.2, 0.25) is 0 Å². The Morgan fingerprint density at radius 1 is 1.26 bits per heavy atom. The summed E-state index contributed by atoms with van der Waals surface area (Å²) in [5, 5.41) is 2.81. The molecule has 0 aromatic heterocycles. The van der Waals surface area contributed by atoms with E-state index in [0.29, 0.717) is 12.5 Å². The quantitative estimate of drug-likeness (QED) is 0.899. The van der Waals surface area contributed by atoms with Crippen LogP contribution in [0.25, 0.3) is 0 Å². The van der Waals surface area contributed by atoms with Gasteiger partial charge in [0.1, 0.15) is 5.60 Å². The Hall–Kier alpha value is -1.51. The Morgan fingerprint density at radius 2 is 1.84 bits per heavy atom. The fourth-order valence-corrected chi connectivity index (χ4v) is 1.77. The maximum absolute atomic E-state index is 11.5. The van der Waals surface area contributed by atoms with Crippen molar-refractivity contribution in [3.8, 4) is 0 Å². The van der Waals surface area contributed by atoms with Crippen molar-refractivity contribution in [1.82, 2.24) is 5.32 Å². The van der Waals surface area contributed by atoms with E-state index < -0.39 is 5.60 Å². The van der Waals surface area contributed by atoms with Gasteiger partial charge >= 0.3 is 6.09 Å². The van der Waals surface area contributed by atoms with Gasteiger partial charge in [-0.05, 0) is 45.6 Å². The number of carbonyl (C=O) groups is 1. The van der Waals surface area contributed by atoms with Crippen molar-refractivity contribution < 1.29 is 9.53 Å². The van der Waals surface area contributed by atoms with Crippen molar-refractivity contribution >= 4 is 6.09 Å². The van der Waals surface area contributed by atoms with Gasteiger partial charge in [-0.15, -0.1) is 0 Å². The van der Waals surface area contributed by atoms with Crippen LogP contribution in [0.3, 0.4) is 0 Å². The first-order chi connectivity index (χ1) is 8.76. The zero-order chi connectivity index (χ0) is 14.5. The van der Waals surface area contributed by atoms with Crippen molar-refractivity contribution in [3.63, 3.8) is 0 Å². The second kappa shape index (κ2) is 6.60. The number of hydrogen-bond donors (Lipinski definition) is 1. The Morgan fingerprint density at radius 3 is 2.37 bits per heavy atom. The number of aryl methyl sites for hydroxylation is 1. The minimum Gasteiger partial charge on any atom is -0.444 e. The molecule has 3 nitrogen and oxygen atoms in total. The van der Waals surface area contributed by atoms with Crippen LogP contribution in [0.5, 0.6) is 0 Å². The standard InChI is InChI=1S/C16H25NO2/c1-12-6-8-14(9-7-12)10-13(2)11-17-15(18)19-16(3,4)5/h6-9,13H,10-11H2,1-5H3,(H,17,18). The van der Waals surface area contributed by atoms with Gasteiger partial charge in [-0.1, -0.05) is 36.8 Å².